The summed E-state index contributed by atoms with van der Waals surface area (Å²) in [7, 11) is 2.99. The van der Waals surface area contributed by atoms with Crippen molar-refractivity contribution >= 4 is 11.9 Å². The predicted molar refractivity (Wildman–Crippen MR) is 51.8 cm³/mol. The van der Waals surface area contributed by atoms with E-state index in [2.05, 4.69) is 4.98 Å². The van der Waals surface area contributed by atoms with Crippen LogP contribution in [0.2, 0.25) is 0 Å². The second kappa shape index (κ2) is 5.01. The molecule has 14 heavy (non-hydrogen) atoms. The fourth-order valence-corrected chi connectivity index (χ4v) is 1.04. The molecule has 0 aliphatic rings. The highest BCUT2D eigenvalue weighted by molar-refractivity contribution is 6.06. The van der Waals surface area contributed by atoms with Gasteiger partial charge >= 0.3 is 0 Å². The summed E-state index contributed by atoms with van der Waals surface area (Å²) in [6.45, 7) is 0. The van der Waals surface area contributed by atoms with E-state index in [1.807, 2.05) is 0 Å². The SMILES string of the molecule is COC=C(C=O)c1ncccc1OC. The van der Waals surface area contributed by atoms with Crippen LogP contribution in [-0.4, -0.2) is 25.5 Å². The zero-order valence-corrected chi connectivity index (χ0v) is 8.06. The first kappa shape index (κ1) is 10.2. The Hall–Kier alpha value is -1.84. The van der Waals surface area contributed by atoms with E-state index in [1.165, 1.54) is 20.5 Å². The molecule has 74 valence electrons. The zero-order chi connectivity index (χ0) is 10.4. The summed E-state index contributed by atoms with van der Waals surface area (Å²) >= 11 is 0. The number of pyridine rings is 1. The molecule has 4 heteroatoms. The molecule has 1 rings (SSSR count). The lowest BCUT2D eigenvalue weighted by Crippen LogP contribution is -1.96. The van der Waals surface area contributed by atoms with Gasteiger partial charge in [0, 0.05) is 6.20 Å². The van der Waals surface area contributed by atoms with Crippen molar-refractivity contribution in [3.8, 4) is 5.75 Å². The van der Waals surface area contributed by atoms with E-state index in [0.717, 1.165) is 0 Å². The van der Waals surface area contributed by atoms with Gasteiger partial charge in [0.15, 0.2) is 6.29 Å². The first-order valence-corrected chi connectivity index (χ1v) is 4.01. The molecule has 1 aromatic rings. The molecule has 0 N–H and O–H groups in total. The number of carbonyl (C=O) groups excluding carboxylic acids is 1. The molecule has 0 amide bonds. The largest absolute Gasteiger partial charge is 0.504 e. The molecule has 0 bridgehead atoms. The Balaban J connectivity index is 3.15. The number of rotatable bonds is 4. The van der Waals surface area contributed by atoms with Crippen LogP contribution in [0.3, 0.4) is 0 Å². The molecule has 0 aromatic carbocycles. The number of carbonyl (C=O) groups is 1. The van der Waals surface area contributed by atoms with Crippen LogP contribution in [0.1, 0.15) is 5.69 Å². The van der Waals surface area contributed by atoms with Gasteiger partial charge in [-0.05, 0) is 12.1 Å². The summed E-state index contributed by atoms with van der Waals surface area (Å²) in [5, 5.41) is 0. The number of ether oxygens (including phenoxy) is 2. The Morgan fingerprint density at radius 1 is 1.50 bits per heavy atom. The van der Waals surface area contributed by atoms with Crippen molar-refractivity contribution in [1.29, 1.82) is 0 Å². The summed E-state index contributed by atoms with van der Waals surface area (Å²) in [6.07, 6.45) is 3.59. The van der Waals surface area contributed by atoms with E-state index in [9.17, 15) is 4.79 Å². The zero-order valence-electron chi connectivity index (χ0n) is 8.06. The highest BCUT2D eigenvalue weighted by Crippen LogP contribution is 2.21. The van der Waals surface area contributed by atoms with Crippen molar-refractivity contribution in [2.24, 2.45) is 0 Å². The summed E-state index contributed by atoms with van der Waals surface area (Å²) in [4.78, 5) is 14.8. The van der Waals surface area contributed by atoms with Crippen LogP contribution < -0.4 is 4.74 Å². The highest BCUT2D eigenvalue weighted by atomic mass is 16.5. The molecular formula is C10H11NO3. The number of methoxy groups -OCH3 is 2. The molecule has 1 aromatic heterocycles. The van der Waals surface area contributed by atoms with Crippen LogP contribution in [0.15, 0.2) is 24.6 Å². The van der Waals surface area contributed by atoms with Crippen molar-refractivity contribution < 1.29 is 14.3 Å². The Labute approximate surface area is 82.2 Å². The molecule has 0 atom stereocenters. The Kier molecular flexibility index (Phi) is 3.67. The van der Waals surface area contributed by atoms with E-state index in [1.54, 1.807) is 18.3 Å². The molecule has 0 saturated carbocycles. The fraction of sp³-hybridized carbons (Fsp3) is 0.200. The van der Waals surface area contributed by atoms with Crippen LogP contribution in [-0.2, 0) is 9.53 Å². The van der Waals surface area contributed by atoms with Crippen molar-refractivity contribution in [3.63, 3.8) is 0 Å². The molecule has 4 nitrogen and oxygen atoms in total. The van der Waals surface area contributed by atoms with Gasteiger partial charge in [-0.2, -0.15) is 0 Å². The fourth-order valence-electron chi connectivity index (χ4n) is 1.04. The number of aromatic nitrogens is 1. The molecule has 0 unspecified atom stereocenters. The van der Waals surface area contributed by atoms with Gasteiger partial charge in [-0.15, -0.1) is 0 Å². The standard InChI is InChI=1S/C10H11NO3/c1-13-7-8(6-12)10-9(14-2)4-3-5-11-10/h3-7H,1-2H3. The van der Waals surface area contributed by atoms with E-state index >= 15 is 0 Å². The van der Waals surface area contributed by atoms with E-state index in [4.69, 9.17) is 9.47 Å². The van der Waals surface area contributed by atoms with E-state index in [0.29, 0.717) is 23.3 Å². The number of allylic oxidation sites excluding steroid dienone is 1. The monoisotopic (exact) mass is 193 g/mol. The number of hydrogen-bond acceptors (Lipinski definition) is 4. The summed E-state index contributed by atoms with van der Waals surface area (Å²) in [5.41, 5.74) is 0.830. The summed E-state index contributed by atoms with van der Waals surface area (Å²) in [6, 6.07) is 3.47. The lowest BCUT2D eigenvalue weighted by Gasteiger charge is -2.05. The van der Waals surface area contributed by atoms with Crippen LogP contribution in [0.25, 0.3) is 5.57 Å². The average Bonchev–Trinajstić information content (AvgIpc) is 2.26. The molecule has 0 saturated heterocycles. The number of nitrogens with zero attached hydrogens (tertiary/aromatic N) is 1. The summed E-state index contributed by atoms with van der Waals surface area (Å²) < 4.78 is 9.82. The van der Waals surface area contributed by atoms with Gasteiger partial charge in [-0.1, -0.05) is 0 Å². The van der Waals surface area contributed by atoms with Gasteiger partial charge < -0.3 is 9.47 Å². The van der Waals surface area contributed by atoms with Gasteiger partial charge in [0.2, 0.25) is 0 Å². The lowest BCUT2D eigenvalue weighted by molar-refractivity contribution is -0.103. The van der Waals surface area contributed by atoms with Crippen molar-refractivity contribution in [1.82, 2.24) is 4.98 Å². The smallest absolute Gasteiger partial charge is 0.155 e. The maximum Gasteiger partial charge on any atom is 0.155 e. The quantitative estimate of drug-likeness (QED) is 0.410. The van der Waals surface area contributed by atoms with Crippen LogP contribution in [0, 0.1) is 0 Å². The maximum atomic E-state index is 10.7. The first-order valence-electron chi connectivity index (χ1n) is 4.01. The molecule has 0 aliphatic carbocycles. The predicted octanol–water partition coefficient (Wildman–Crippen LogP) is 1.28. The van der Waals surface area contributed by atoms with Crippen LogP contribution >= 0.6 is 0 Å². The third-order valence-electron chi connectivity index (χ3n) is 1.64. The lowest BCUT2D eigenvalue weighted by atomic mass is 10.2. The third-order valence-corrected chi connectivity index (χ3v) is 1.64. The molecule has 0 spiro atoms. The third kappa shape index (κ3) is 2.10. The molecular weight excluding hydrogens is 182 g/mol. The summed E-state index contributed by atoms with van der Waals surface area (Å²) in [5.74, 6) is 0.544. The van der Waals surface area contributed by atoms with Crippen molar-refractivity contribution in [3.05, 3.63) is 30.3 Å². The average molecular weight is 193 g/mol. The first-order chi connectivity index (χ1) is 6.83. The molecule has 0 aliphatic heterocycles. The van der Waals surface area contributed by atoms with Crippen LogP contribution in [0.4, 0.5) is 0 Å². The minimum atomic E-state index is 0.352. The molecule has 0 fully saturated rings. The maximum absolute atomic E-state index is 10.7. The van der Waals surface area contributed by atoms with Gasteiger partial charge in [0.05, 0.1) is 26.1 Å². The normalized spacial score (nSPS) is 10.9. The molecule has 1 heterocycles. The van der Waals surface area contributed by atoms with Gasteiger partial charge in [-0.3, -0.25) is 9.78 Å². The second-order valence-electron chi connectivity index (χ2n) is 2.48. The Morgan fingerprint density at radius 3 is 2.86 bits per heavy atom. The van der Waals surface area contributed by atoms with Crippen molar-refractivity contribution in [2.75, 3.05) is 14.2 Å². The Bertz CT molecular complexity index is 347. The van der Waals surface area contributed by atoms with Gasteiger partial charge in [0.25, 0.3) is 0 Å². The number of hydrogen-bond donors (Lipinski definition) is 0. The van der Waals surface area contributed by atoms with Gasteiger partial charge in [-0.25, -0.2) is 0 Å². The van der Waals surface area contributed by atoms with E-state index < -0.39 is 0 Å². The van der Waals surface area contributed by atoms with Crippen LogP contribution in [0.5, 0.6) is 5.75 Å². The number of aldehydes is 1. The minimum absolute atomic E-state index is 0.352. The second-order valence-corrected chi connectivity index (χ2v) is 2.48. The minimum Gasteiger partial charge on any atom is -0.504 e. The van der Waals surface area contributed by atoms with E-state index in [-0.39, 0.29) is 0 Å². The molecule has 0 radical (unpaired) electrons. The van der Waals surface area contributed by atoms with Crippen molar-refractivity contribution in [2.45, 2.75) is 0 Å². The van der Waals surface area contributed by atoms with Gasteiger partial charge in [0.1, 0.15) is 11.4 Å². The topological polar surface area (TPSA) is 48.4 Å². The Morgan fingerprint density at radius 2 is 2.29 bits per heavy atom. The highest BCUT2D eigenvalue weighted by Gasteiger charge is 2.08.